The van der Waals surface area contributed by atoms with E-state index in [9.17, 15) is 9.59 Å². The Hall–Kier alpha value is -3.40. The SMILES string of the molecule is CCc1ccc(C(C)(c2ccc(OC(=O)C3CC3C)cc2)c2ccc(OC(=O)C3CC3C)cc2)cc1. The molecule has 5 rings (SSSR count). The van der Waals surface area contributed by atoms with E-state index in [1.54, 1.807) is 0 Å². The van der Waals surface area contributed by atoms with E-state index in [0.717, 1.165) is 36.0 Å². The van der Waals surface area contributed by atoms with Crippen molar-refractivity contribution in [3.05, 3.63) is 95.1 Å². The van der Waals surface area contributed by atoms with Crippen LogP contribution in [-0.2, 0) is 21.4 Å². The highest BCUT2D eigenvalue weighted by Gasteiger charge is 2.41. The fourth-order valence-electron chi connectivity index (χ4n) is 4.97. The molecule has 4 unspecified atom stereocenters. The zero-order valence-corrected chi connectivity index (χ0v) is 21.5. The molecule has 0 amide bonds. The van der Waals surface area contributed by atoms with Gasteiger partial charge in [0.05, 0.1) is 11.8 Å². The lowest BCUT2D eigenvalue weighted by Crippen LogP contribution is -2.25. The minimum atomic E-state index is -0.451. The summed E-state index contributed by atoms with van der Waals surface area (Å²) in [6, 6.07) is 24.4. The highest BCUT2D eigenvalue weighted by molar-refractivity contribution is 5.78. The van der Waals surface area contributed by atoms with Crippen LogP contribution in [0.4, 0.5) is 0 Å². The van der Waals surface area contributed by atoms with Crippen molar-refractivity contribution in [2.45, 2.75) is 52.4 Å². The summed E-state index contributed by atoms with van der Waals surface area (Å²) in [5, 5.41) is 0. The third-order valence-electron chi connectivity index (χ3n) is 8.06. The molecule has 0 heterocycles. The quantitative estimate of drug-likeness (QED) is 0.203. The molecule has 2 aliphatic carbocycles. The smallest absolute Gasteiger partial charge is 0.314 e. The summed E-state index contributed by atoms with van der Waals surface area (Å²) in [7, 11) is 0. The summed E-state index contributed by atoms with van der Waals surface area (Å²) in [6.45, 7) is 8.50. The molecule has 36 heavy (non-hydrogen) atoms. The average molecular weight is 483 g/mol. The molecule has 186 valence electrons. The number of hydrogen-bond acceptors (Lipinski definition) is 4. The number of benzene rings is 3. The average Bonchev–Trinajstić information content (AvgIpc) is 3.81. The molecule has 0 aromatic heterocycles. The molecule has 0 N–H and O–H groups in total. The fraction of sp³-hybridized carbons (Fsp3) is 0.375. The van der Waals surface area contributed by atoms with Crippen LogP contribution in [0.25, 0.3) is 0 Å². The summed E-state index contributed by atoms with van der Waals surface area (Å²) >= 11 is 0. The maximum absolute atomic E-state index is 12.3. The van der Waals surface area contributed by atoms with Crippen molar-refractivity contribution in [1.29, 1.82) is 0 Å². The van der Waals surface area contributed by atoms with Gasteiger partial charge in [0.1, 0.15) is 11.5 Å². The molecule has 2 fully saturated rings. The molecule has 0 aliphatic heterocycles. The van der Waals surface area contributed by atoms with Crippen LogP contribution in [0.2, 0.25) is 0 Å². The Balaban J connectivity index is 1.43. The summed E-state index contributed by atoms with van der Waals surface area (Å²) in [5.74, 6) is 1.76. The molecule has 3 aromatic carbocycles. The second kappa shape index (κ2) is 9.57. The molecule has 4 nitrogen and oxygen atoms in total. The molecular weight excluding hydrogens is 448 g/mol. The molecule has 4 atom stereocenters. The standard InChI is InChI=1S/C32H34O4/c1-5-22-6-8-23(9-7-22)32(4,24-10-14-26(15-11-24)35-30(33)28-18-20(28)2)25-12-16-27(17-13-25)36-31(34)29-19-21(29)3/h6-17,20-21,28-29H,5,18-19H2,1-4H3. The van der Waals surface area contributed by atoms with Crippen LogP contribution in [0.15, 0.2) is 72.8 Å². The minimum absolute atomic E-state index is 0.0303. The summed E-state index contributed by atoms with van der Waals surface area (Å²) in [6.07, 6.45) is 2.80. The molecule has 2 aliphatic rings. The fourth-order valence-corrected chi connectivity index (χ4v) is 4.97. The first-order valence-electron chi connectivity index (χ1n) is 13.0. The Morgan fingerprint density at radius 1 is 0.694 bits per heavy atom. The van der Waals surface area contributed by atoms with Crippen LogP contribution in [0.1, 0.15) is 62.8 Å². The van der Waals surface area contributed by atoms with Crippen molar-refractivity contribution in [1.82, 2.24) is 0 Å². The van der Waals surface area contributed by atoms with Crippen molar-refractivity contribution in [2.24, 2.45) is 23.7 Å². The number of rotatable bonds is 8. The first-order chi connectivity index (χ1) is 17.3. The predicted octanol–water partition coefficient (Wildman–Crippen LogP) is 6.73. The summed E-state index contributed by atoms with van der Waals surface area (Å²) < 4.78 is 11.2. The van der Waals surface area contributed by atoms with Crippen LogP contribution >= 0.6 is 0 Å². The van der Waals surface area contributed by atoms with E-state index in [-0.39, 0.29) is 23.8 Å². The first kappa shape index (κ1) is 24.3. The lowest BCUT2D eigenvalue weighted by molar-refractivity contribution is -0.137. The van der Waals surface area contributed by atoms with Crippen LogP contribution in [0.5, 0.6) is 11.5 Å². The maximum atomic E-state index is 12.3. The molecule has 2 saturated carbocycles. The molecular formula is C32H34O4. The van der Waals surface area contributed by atoms with Crippen LogP contribution in [-0.4, -0.2) is 11.9 Å². The monoisotopic (exact) mass is 482 g/mol. The van der Waals surface area contributed by atoms with E-state index in [0.29, 0.717) is 23.3 Å². The van der Waals surface area contributed by atoms with E-state index in [1.165, 1.54) is 5.56 Å². The van der Waals surface area contributed by atoms with Crippen molar-refractivity contribution < 1.29 is 19.1 Å². The van der Waals surface area contributed by atoms with Gasteiger partial charge in [-0.05, 0) is 84.5 Å². The molecule has 0 bridgehead atoms. The third kappa shape index (κ3) is 4.82. The largest absolute Gasteiger partial charge is 0.426 e. The Kier molecular flexibility index (Phi) is 6.46. The van der Waals surface area contributed by atoms with E-state index >= 15 is 0 Å². The minimum Gasteiger partial charge on any atom is -0.426 e. The van der Waals surface area contributed by atoms with Gasteiger partial charge in [-0.15, -0.1) is 0 Å². The van der Waals surface area contributed by atoms with E-state index in [4.69, 9.17) is 9.47 Å². The van der Waals surface area contributed by atoms with Gasteiger partial charge >= 0.3 is 11.9 Å². The van der Waals surface area contributed by atoms with Crippen molar-refractivity contribution >= 4 is 11.9 Å². The maximum Gasteiger partial charge on any atom is 0.314 e. The zero-order valence-electron chi connectivity index (χ0n) is 21.5. The van der Waals surface area contributed by atoms with Crippen LogP contribution in [0.3, 0.4) is 0 Å². The Morgan fingerprint density at radius 2 is 1.03 bits per heavy atom. The van der Waals surface area contributed by atoms with Gasteiger partial charge in [0.25, 0.3) is 0 Å². The van der Waals surface area contributed by atoms with Gasteiger partial charge in [0, 0.05) is 5.41 Å². The number of hydrogen-bond donors (Lipinski definition) is 0. The molecule has 4 heteroatoms. The second-order valence-electron chi connectivity index (χ2n) is 10.7. The third-order valence-corrected chi connectivity index (χ3v) is 8.06. The lowest BCUT2D eigenvalue weighted by Gasteiger charge is -2.32. The van der Waals surface area contributed by atoms with Gasteiger partial charge in [-0.2, -0.15) is 0 Å². The number of aryl methyl sites for hydroxylation is 1. The summed E-state index contributed by atoms with van der Waals surface area (Å²) in [5.41, 5.74) is 4.17. The van der Waals surface area contributed by atoms with Gasteiger partial charge < -0.3 is 9.47 Å². The molecule has 0 spiro atoms. The Morgan fingerprint density at radius 3 is 1.33 bits per heavy atom. The molecule has 0 saturated heterocycles. The topological polar surface area (TPSA) is 52.6 Å². The molecule has 3 aromatic rings. The zero-order chi connectivity index (χ0) is 25.4. The van der Waals surface area contributed by atoms with Crippen molar-refractivity contribution in [3.63, 3.8) is 0 Å². The van der Waals surface area contributed by atoms with Crippen LogP contribution in [0, 0.1) is 23.7 Å². The Bertz CT molecular complexity index is 1170. The lowest BCUT2D eigenvalue weighted by atomic mass is 9.71. The highest BCUT2D eigenvalue weighted by atomic mass is 16.5. The van der Waals surface area contributed by atoms with Crippen molar-refractivity contribution in [2.75, 3.05) is 0 Å². The van der Waals surface area contributed by atoms with Gasteiger partial charge in [0.2, 0.25) is 0 Å². The number of carbonyl (C=O) groups excluding carboxylic acids is 2. The second-order valence-corrected chi connectivity index (χ2v) is 10.7. The number of carbonyl (C=O) groups is 2. The number of esters is 2. The van der Waals surface area contributed by atoms with E-state index in [1.807, 2.05) is 48.5 Å². The molecule has 0 radical (unpaired) electrons. The normalized spacial score (nSPS) is 23.9. The van der Waals surface area contributed by atoms with Gasteiger partial charge in [0.15, 0.2) is 0 Å². The van der Waals surface area contributed by atoms with E-state index in [2.05, 4.69) is 52.0 Å². The van der Waals surface area contributed by atoms with E-state index < -0.39 is 5.41 Å². The predicted molar refractivity (Wildman–Crippen MR) is 140 cm³/mol. The first-order valence-corrected chi connectivity index (χ1v) is 13.0. The number of ether oxygens (including phenoxy) is 2. The van der Waals surface area contributed by atoms with Gasteiger partial charge in [-0.1, -0.05) is 69.3 Å². The van der Waals surface area contributed by atoms with Gasteiger partial charge in [-0.3, -0.25) is 9.59 Å². The van der Waals surface area contributed by atoms with Crippen LogP contribution < -0.4 is 9.47 Å². The summed E-state index contributed by atoms with van der Waals surface area (Å²) in [4.78, 5) is 24.6. The van der Waals surface area contributed by atoms with Gasteiger partial charge in [-0.25, -0.2) is 0 Å². The Labute approximate surface area is 213 Å². The van der Waals surface area contributed by atoms with Crippen molar-refractivity contribution in [3.8, 4) is 11.5 Å². The highest BCUT2D eigenvalue weighted by Crippen LogP contribution is 2.42.